The lowest BCUT2D eigenvalue weighted by Crippen LogP contribution is -2.41. The number of hydrogen-bond donors (Lipinski definition) is 0. The van der Waals surface area contributed by atoms with Gasteiger partial charge < -0.3 is 0 Å². The predicted molar refractivity (Wildman–Crippen MR) is 86.3 cm³/mol. The average molecular weight is 286 g/mol. The van der Waals surface area contributed by atoms with Gasteiger partial charge in [-0.3, -0.25) is 9.47 Å². The van der Waals surface area contributed by atoms with E-state index in [9.17, 15) is 0 Å². The minimum Gasteiger partial charge on any atom is -0.296 e. The van der Waals surface area contributed by atoms with Gasteiger partial charge in [-0.15, -0.1) is 0 Å². The third-order valence-electron chi connectivity index (χ3n) is 4.47. The van der Waals surface area contributed by atoms with E-state index in [-0.39, 0.29) is 0 Å². The third-order valence-corrected chi connectivity index (χ3v) is 4.47. The number of imidazole rings is 1. The quantitative estimate of drug-likeness (QED) is 0.856. The van der Waals surface area contributed by atoms with Crippen molar-refractivity contribution in [1.29, 1.82) is 0 Å². The third kappa shape index (κ3) is 2.57. The van der Waals surface area contributed by atoms with Gasteiger partial charge in [-0.2, -0.15) is 0 Å². The summed E-state index contributed by atoms with van der Waals surface area (Å²) < 4.78 is 2.40. The van der Waals surface area contributed by atoms with Crippen molar-refractivity contribution in [3.05, 3.63) is 24.2 Å². The van der Waals surface area contributed by atoms with Crippen LogP contribution in [0.2, 0.25) is 0 Å². The van der Waals surface area contributed by atoms with Crippen LogP contribution in [0.3, 0.4) is 0 Å². The molecule has 2 aromatic heterocycles. The van der Waals surface area contributed by atoms with Crippen LogP contribution in [0.25, 0.3) is 11.2 Å². The van der Waals surface area contributed by atoms with Crippen molar-refractivity contribution in [2.75, 3.05) is 6.54 Å². The topological polar surface area (TPSA) is 34.0 Å². The first-order chi connectivity index (χ1) is 10.1. The van der Waals surface area contributed by atoms with Gasteiger partial charge in [0.15, 0.2) is 5.65 Å². The minimum atomic E-state index is 0.399. The highest BCUT2D eigenvalue weighted by Crippen LogP contribution is 2.33. The lowest BCUT2D eigenvalue weighted by molar-refractivity contribution is 0.0642. The zero-order valence-corrected chi connectivity index (χ0v) is 13.6. The number of fused-ring (bicyclic) bond motifs is 1. The molecule has 0 radical (unpaired) electrons. The highest BCUT2D eigenvalue weighted by atomic mass is 15.3. The second-order valence-electron chi connectivity index (χ2n) is 6.65. The summed E-state index contributed by atoms with van der Waals surface area (Å²) in [5.41, 5.74) is 2.06. The first kappa shape index (κ1) is 14.5. The first-order valence-electron chi connectivity index (χ1n) is 8.18. The van der Waals surface area contributed by atoms with E-state index in [2.05, 4.69) is 48.2 Å². The van der Waals surface area contributed by atoms with Gasteiger partial charge in [0.25, 0.3) is 0 Å². The van der Waals surface area contributed by atoms with Crippen LogP contribution in [0.15, 0.2) is 18.3 Å². The molecule has 0 N–H and O–H groups in total. The number of nitrogens with zero attached hydrogens (tertiary/aromatic N) is 4. The second kappa shape index (κ2) is 5.76. The maximum Gasteiger partial charge on any atom is 0.161 e. The van der Waals surface area contributed by atoms with Crippen LogP contribution in [-0.2, 0) is 0 Å². The summed E-state index contributed by atoms with van der Waals surface area (Å²) in [4.78, 5) is 12.1. The van der Waals surface area contributed by atoms with E-state index < -0.39 is 0 Å². The fraction of sp³-hybridized carbons (Fsp3) is 0.647. The van der Waals surface area contributed by atoms with E-state index in [1.807, 2.05) is 12.3 Å². The van der Waals surface area contributed by atoms with Gasteiger partial charge in [0, 0.05) is 24.7 Å². The van der Waals surface area contributed by atoms with Crippen LogP contribution in [-0.4, -0.2) is 32.0 Å². The monoisotopic (exact) mass is 286 g/mol. The molecule has 4 nitrogen and oxygen atoms in total. The van der Waals surface area contributed by atoms with E-state index in [1.165, 1.54) is 31.6 Å². The van der Waals surface area contributed by atoms with Crippen molar-refractivity contribution in [3.63, 3.8) is 0 Å². The standard InChI is InChI=1S/C17H26N4/c1-12(2)16-19-14-8-7-10-18-17(14)21(16)15-9-5-6-11-20(15)13(3)4/h7-8,10,12-13,15H,5-6,9,11H2,1-4H3. The molecule has 0 aromatic carbocycles. The summed E-state index contributed by atoms with van der Waals surface area (Å²) in [6, 6.07) is 4.61. The van der Waals surface area contributed by atoms with Crippen LogP contribution in [0.4, 0.5) is 0 Å². The number of hydrogen-bond acceptors (Lipinski definition) is 3. The molecule has 1 unspecified atom stereocenters. The Morgan fingerprint density at radius 3 is 2.71 bits per heavy atom. The van der Waals surface area contributed by atoms with E-state index in [0.717, 1.165) is 11.2 Å². The molecule has 4 heteroatoms. The lowest BCUT2D eigenvalue weighted by Gasteiger charge is -2.40. The molecular weight excluding hydrogens is 260 g/mol. The van der Waals surface area contributed by atoms with Gasteiger partial charge >= 0.3 is 0 Å². The Hall–Kier alpha value is -1.42. The van der Waals surface area contributed by atoms with Crippen LogP contribution < -0.4 is 0 Å². The first-order valence-corrected chi connectivity index (χ1v) is 8.18. The predicted octanol–water partition coefficient (Wildman–Crippen LogP) is 3.95. The molecule has 0 spiro atoms. The molecule has 0 bridgehead atoms. The number of aromatic nitrogens is 3. The van der Waals surface area contributed by atoms with Crippen LogP contribution in [0, 0.1) is 0 Å². The van der Waals surface area contributed by atoms with Gasteiger partial charge in [-0.05, 0) is 45.2 Å². The molecule has 2 aromatic rings. The van der Waals surface area contributed by atoms with Crippen molar-refractivity contribution >= 4 is 11.2 Å². The fourth-order valence-electron chi connectivity index (χ4n) is 3.46. The smallest absolute Gasteiger partial charge is 0.161 e. The van der Waals surface area contributed by atoms with E-state index in [4.69, 9.17) is 4.98 Å². The molecule has 0 aliphatic carbocycles. The van der Waals surface area contributed by atoms with Gasteiger partial charge in [-0.25, -0.2) is 9.97 Å². The molecule has 1 aliphatic heterocycles. The van der Waals surface area contributed by atoms with E-state index in [1.54, 1.807) is 0 Å². The molecule has 0 saturated carbocycles. The SMILES string of the molecule is CC(C)c1nc2cccnc2n1C1CCCCN1C(C)C. The summed E-state index contributed by atoms with van der Waals surface area (Å²) in [5.74, 6) is 1.58. The Bertz CT molecular complexity index is 614. The lowest BCUT2D eigenvalue weighted by atomic mass is 10.0. The molecule has 114 valence electrons. The number of rotatable bonds is 3. The van der Waals surface area contributed by atoms with Crippen molar-refractivity contribution in [2.24, 2.45) is 0 Å². The van der Waals surface area contributed by atoms with Crippen molar-refractivity contribution in [1.82, 2.24) is 19.4 Å². The maximum atomic E-state index is 4.85. The van der Waals surface area contributed by atoms with Crippen molar-refractivity contribution in [2.45, 2.75) is 65.1 Å². The molecule has 3 heterocycles. The van der Waals surface area contributed by atoms with Gasteiger partial charge in [0.05, 0.1) is 6.17 Å². The molecule has 3 rings (SSSR count). The summed E-state index contributed by atoms with van der Waals surface area (Å²) >= 11 is 0. The number of pyridine rings is 1. The highest BCUT2D eigenvalue weighted by molar-refractivity contribution is 5.71. The zero-order valence-electron chi connectivity index (χ0n) is 13.6. The molecule has 1 saturated heterocycles. The fourth-order valence-corrected chi connectivity index (χ4v) is 3.46. The molecule has 21 heavy (non-hydrogen) atoms. The van der Waals surface area contributed by atoms with Gasteiger partial charge in [0.1, 0.15) is 11.3 Å². The largest absolute Gasteiger partial charge is 0.296 e. The Balaban J connectivity index is 2.14. The number of piperidine rings is 1. The second-order valence-corrected chi connectivity index (χ2v) is 6.65. The van der Waals surface area contributed by atoms with Crippen molar-refractivity contribution in [3.8, 4) is 0 Å². The van der Waals surface area contributed by atoms with Crippen molar-refractivity contribution < 1.29 is 0 Å². The normalized spacial score (nSPS) is 20.8. The molecule has 0 amide bonds. The Morgan fingerprint density at radius 1 is 1.19 bits per heavy atom. The van der Waals surface area contributed by atoms with Crippen LogP contribution in [0.1, 0.15) is 64.9 Å². The van der Waals surface area contributed by atoms with Crippen LogP contribution >= 0.6 is 0 Å². The summed E-state index contributed by atoms with van der Waals surface area (Å²) in [5, 5.41) is 0. The Kier molecular flexibility index (Phi) is 3.98. The molecule has 1 fully saturated rings. The van der Waals surface area contributed by atoms with Gasteiger partial charge in [0.2, 0.25) is 0 Å². The summed E-state index contributed by atoms with van der Waals surface area (Å²) in [6.45, 7) is 10.2. The molecule has 1 aliphatic rings. The Labute approximate surface area is 127 Å². The molecule has 1 atom stereocenters. The maximum absolute atomic E-state index is 4.85. The average Bonchev–Trinajstić information content (AvgIpc) is 2.86. The zero-order chi connectivity index (χ0) is 15.0. The highest BCUT2D eigenvalue weighted by Gasteiger charge is 2.30. The minimum absolute atomic E-state index is 0.399. The van der Waals surface area contributed by atoms with Crippen LogP contribution in [0.5, 0.6) is 0 Å². The van der Waals surface area contributed by atoms with E-state index >= 15 is 0 Å². The summed E-state index contributed by atoms with van der Waals surface area (Å²) in [6.07, 6.45) is 6.06. The van der Waals surface area contributed by atoms with E-state index in [0.29, 0.717) is 18.1 Å². The Morgan fingerprint density at radius 2 is 2.00 bits per heavy atom. The molecular formula is C17H26N4. The van der Waals surface area contributed by atoms with Gasteiger partial charge in [-0.1, -0.05) is 13.8 Å². The number of likely N-dealkylation sites (tertiary alicyclic amines) is 1. The summed E-state index contributed by atoms with van der Waals surface area (Å²) in [7, 11) is 0.